The fourth-order valence-electron chi connectivity index (χ4n) is 4.66. The first-order chi connectivity index (χ1) is 13.6. The molecule has 1 aromatic rings. The van der Waals surface area contributed by atoms with Gasteiger partial charge < -0.3 is 15.4 Å². The summed E-state index contributed by atoms with van der Waals surface area (Å²) in [5.74, 6) is -0.151. The van der Waals surface area contributed by atoms with E-state index in [1.54, 1.807) is 12.1 Å². The zero-order chi connectivity index (χ0) is 19.7. The number of nitrogens with zero attached hydrogens (tertiary/aromatic N) is 2. The number of benzene rings is 1. The van der Waals surface area contributed by atoms with E-state index in [0.29, 0.717) is 18.4 Å². The molecule has 0 spiro atoms. The Balaban J connectivity index is 1.36. The van der Waals surface area contributed by atoms with Gasteiger partial charge in [0.15, 0.2) is 0 Å². The third kappa shape index (κ3) is 3.51. The molecule has 28 heavy (non-hydrogen) atoms. The van der Waals surface area contributed by atoms with Crippen molar-refractivity contribution in [3.63, 3.8) is 0 Å². The maximum absolute atomic E-state index is 12.8. The van der Waals surface area contributed by atoms with E-state index in [1.807, 2.05) is 23.1 Å². The van der Waals surface area contributed by atoms with E-state index in [2.05, 4.69) is 0 Å². The van der Waals surface area contributed by atoms with E-state index in [9.17, 15) is 14.4 Å². The summed E-state index contributed by atoms with van der Waals surface area (Å²) in [4.78, 5) is 40.9. The van der Waals surface area contributed by atoms with E-state index in [1.165, 1.54) is 4.90 Å². The van der Waals surface area contributed by atoms with Gasteiger partial charge in [0.05, 0.1) is 6.04 Å². The third-order valence-electron chi connectivity index (χ3n) is 6.30. The van der Waals surface area contributed by atoms with Crippen LogP contribution in [-0.4, -0.2) is 52.9 Å². The Labute approximate surface area is 164 Å². The highest BCUT2D eigenvalue weighted by Gasteiger charge is 2.46. The summed E-state index contributed by atoms with van der Waals surface area (Å²) in [5, 5.41) is 0. The molecule has 7 heteroatoms. The van der Waals surface area contributed by atoms with Crippen molar-refractivity contribution >= 4 is 17.9 Å². The van der Waals surface area contributed by atoms with Crippen LogP contribution in [0.5, 0.6) is 0 Å². The molecule has 0 bridgehead atoms. The van der Waals surface area contributed by atoms with Crippen LogP contribution in [0.3, 0.4) is 0 Å². The molecule has 4 rings (SSSR count). The Morgan fingerprint density at radius 2 is 1.68 bits per heavy atom. The highest BCUT2D eigenvalue weighted by atomic mass is 16.6. The number of hydrogen-bond acceptors (Lipinski definition) is 5. The van der Waals surface area contributed by atoms with Crippen molar-refractivity contribution in [1.29, 1.82) is 0 Å². The molecule has 3 aliphatic rings. The van der Waals surface area contributed by atoms with Crippen LogP contribution in [0.2, 0.25) is 0 Å². The molecule has 0 unspecified atom stereocenters. The minimum atomic E-state index is -0.856. The van der Waals surface area contributed by atoms with Crippen molar-refractivity contribution in [2.75, 3.05) is 13.1 Å². The summed E-state index contributed by atoms with van der Waals surface area (Å²) in [5.41, 5.74) is 6.95. The molecule has 2 aliphatic heterocycles. The fourth-order valence-corrected chi connectivity index (χ4v) is 4.66. The molecule has 2 heterocycles. The highest BCUT2D eigenvalue weighted by molar-refractivity contribution is 6.01. The molecular formula is C21H27N3O4. The third-order valence-corrected chi connectivity index (χ3v) is 6.30. The van der Waals surface area contributed by atoms with Crippen LogP contribution >= 0.6 is 0 Å². The zero-order valence-electron chi connectivity index (χ0n) is 16.0. The quantitative estimate of drug-likeness (QED) is 0.858. The number of cyclic esters (lactones) is 1. The SMILES string of the molecule is N[C@H](C(=O)N1CCCC1)[C@H]1CC[C@H](N2C(=O)O[C@@H](c3ccccc3)C2=O)CC1. The molecule has 7 nitrogen and oxygen atoms in total. The largest absolute Gasteiger partial charge is 0.431 e. The summed E-state index contributed by atoms with van der Waals surface area (Å²) in [6.45, 7) is 1.60. The van der Waals surface area contributed by atoms with Crippen LogP contribution in [-0.2, 0) is 14.3 Å². The monoisotopic (exact) mass is 385 g/mol. The molecule has 2 saturated heterocycles. The van der Waals surface area contributed by atoms with Gasteiger partial charge in [-0.1, -0.05) is 30.3 Å². The van der Waals surface area contributed by atoms with Crippen molar-refractivity contribution in [3.8, 4) is 0 Å². The Morgan fingerprint density at radius 1 is 1.04 bits per heavy atom. The average Bonchev–Trinajstić information content (AvgIpc) is 3.36. The summed E-state index contributed by atoms with van der Waals surface area (Å²) < 4.78 is 5.36. The Hall–Kier alpha value is -2.41. The number of amides is 3. The molecule has 0 aromatic heterocycles. The minimum absolute atomic E-state index is 0.0433. The number of rotatable bonds is 4. The summed E-state index contributed by atoms with van der Waals surface area (Å²) in [7, 11) is 0. The standard InChI is InChI=1S/C21H27N3O4/c22-17(19(25)23-12-4-5-13-23)14-8-10-16(11-9-14)24-20(26)18(28-21(24)27)15-6-2-1-3-7-15/h1-3,6-7,14,16-18H,4-5,8-13,22H2/t14-,16-,17-,18-/m0/s1. The van der Waals surface area contributed by atoms with Gasteiger partial charge in [0, 0.05) is 24.7 Å². The Kier molecular flexibility index (Phi) is 5.35. The molecule has 150 valence electrons. The predicted molar refractivity (Wildman–Crippen MR) is 102 cm³/mol. The fraction of sp³-hybridized carbons (Fsp3) is 0.571. The molecule has 3 amide bonds. The van der Waals surface area contributed by atoms with Gasteiger partial charge in [-0.2, -0.15) is 0 Å². The van der Waals surface area contributed by atoms with Gasteiger partial charge in [-0.15, -0.1) is 0 Å². The molecule has 1 aromatic carbocycles. The van der Waals surface area contributed by atoms with Gasteiger partial charge in [-0.3, -0.25) is 9.59 Å². The van der Waals surface area contributed by atoms with Crippen molar-refractivity contribution in [2.45, 2.75) is 56.7 Å². The first-order valence-corrected chi connectivity index (χ1v) is 10.2. The second kappa shape index (κ2) is 7.91. The van der Waals surface area contributed by atoms with Gasteiger partial charge in [0.2, 0.25) is 12.0 Å². The van der Waals surface area contributed by atoms with Gasteiger partial charge in [0.25, 0.3) is 5.91 Å². The van der Waals surface area contributed by atoms with Crippen LogP contribution in [0.1, 0.15) is 50.2 Å². The second-order valence-corrected chi connectivity index (χ2v) is 8.01. The van der Waals surface area contributed by atoms with E-state index < -0.39 is 18.2 Å². The smallest absolute Gasteiger partial charge is 0.418 e. The number of nitrogens with two attached hydrogens (primary N) is 1. The normalized spacial score (nSPS) is 29.1. The molecule has 1 saturated carbocycles. The molecule has 2 atom stereocenters. The van der Waals surface area contributed by atoms with Crippen molar-refractivity contribution in [1.82, 2.24) is 9.80 Å². The number of ether oxygens (including phenoxy) is 1. The first-order valence-electron chi connectivity index (χ1n) is 10.2. The topological polar surface area (TPSA) is 92.9 Å². The van der Waals surface area contributed by atoms with Gasteiger partial charge in [0.1, 0.15) is 0 Å². The van der Waals surface area contributed by atoms with E-state index in [0.717, 1.165) is 38.8 Å². The van der Waals surface area contributed by atoms with Crippen LogP contribution < -0.4 is 5.73 Å². The van der Waals surface area contributed by atoms with Gasteiger partial charge in [-0.05, 0) is 44.4 Å². The van der Waals surface area contributed by atoms with Gasteiger partial charge in [-0.25, -0.2) is 9.69 Å². The lowest BCUT2D eigenvalue weighted by Crippen LogP contribution is -2.49. The van der Waals surface area contributed by atoms with Gasteiger partial charge >= 0.3 is 6.09 Å². The number of imide groups is 1. The highest BCUT2D eigenvalue weighted by Crippen LogP contribution is 2.35. The summed E-state index contributed by atoms with van der Waals surface area (Å²) in [6, 6.07) is 8.41. The molecule has 0 radical (unpaired) electrons. The molecule has 1 aliphatic carbocycles. The average molecular weight is 385 g/mol. The predicted octanol–water partition coefficient (Wildman–Crippen LogP) is 2.21. The minimum Gasteiger partial charge on any atom is -0.431 e. The summed E-state index contributed by atoms with van der Waals surface area (Å²) >= 11 is 0. The first kappa shape index (κ1) is 18.9. The van der Waals surface area contributed by atoms with Crippen molar-refractivity contribution in [2.24, 2.45) is 11.7 Å². The Morgan fingerprint density at radius 3 is 2.32 bits per heavy atom. The van der Waals surface area contributed by atoms with Crippen molar-refractivity contribution < 1.29 is 19.1 Å². The number of likely N-dealkylation sites (tertiary alicyclic amines) is 1. The van der Waals surface area contributed by atoms with E-state index >= 15 is 0 Å². The number of carbonyl (C=O) groups excluding carboxylic acids is 3. The lowest BCUT2D eigenvalue weighted by molar-refractivity contribution is -0.134. The lowest BCUT2D eigenvalue weighted by atomic mass is 9.81. The second-order valence-electron chi connectivity index (χ2n) is 8.01. The maximum Gasteiger partial charge on any atom is 0.418 e. The van der Waals surface area contributed by atoms with Crippen molar-refractivity contribution in [3.05, 3.63) is 35.9 Å². The Bertz CT molecular complexity index is 739. The van der Waals surface area contributed by atoms with E-state index in [-0.39, 0.29) is 23.8 Å². The van der Waals surface area contributed by atoms with Crippen LogP contribution in [0.15, 0.2) is 30.3 Å². The maximum atomic E-state index is 12.8. The summed E-state index contributed by atoms with van der Waals surface area (Å²) in [6.07, 6.45) is 3.46. The van der Waals surface area contributed by atoms with Crippen LogP contribution in [0.25, 0.3) is 0 Å². The number of carbonyl (C=O) groups is 3. The van der Waals surface area contributed by atoms with Crippen LogP contribution in [0, 0.1) is 5.92 Å². The number of hydrogen-bond donors (Lipinski definition) is 1. The molecule has 3 fully saturated rings. The van der Waals surface area contributed by atoms with E-state index in [4.69, 9.17) is 10.5 Å². The van der Waals surface area contributed by atoms with Crippen LogP contribution in [0.4, 0.5) is 4.79 Å². The zero-order valence-corrected chi connectivity index (χ0v) is 16.0. The molecule has 2 N–H and O–H groups in total. The lowest BCUT2D eigenvalue weighted by Gasteiger charge is -2.35. The molecular weight excluding hydrogens is 358 g/mol.